The van der Waals surface area contributed by atoms with Crippen molar-refractivity contribution in [1.82, 2.24) is 9.55 Å². The Balaban J connectivity index is 2.05. The van der Waals surface area contributed by atoms with E-state index < -0.39 is 5.97 Å². The highest BCUT2D eigenvalue weighted by Crippen LogP contribution is 2.33. The van der Waals surface area contributed by atoms with Crippen LogP contribution in [-0.4, -0.2) is 26.3 Å². The van der Waals surface area contributed by atoms with Crippen LogP contribution in [0.2, 0.25) is 15.3 Å². The molecule has 1 N–H and O–H groups in total. The lowest BCUT2D eigenvalue weighted by Crippen LogP contribution is -2.08. The number of aromatic carboxylic acids is 1. The number of aliphatic imine (C=N–C) groups is 1. The topological polar surface area (TPSA) is 67.5 Å². The Morgan fingerprint density at radius 3 is 2.58 bits per heavy atom. The molecule has 130 valence electrons. The Bertz CT molecular complexity index is 1090. The van der Waals surface area contributed by atoms with Crippen molar-refractivity contribution in [1.29, 1.82) is 0 Å². The number of aromatic nitrogens is 2. The number of nitrogens with zero attached hydrogens (tertiary/aromatic N) is 3. The third-order valence-electron chi connectivity index (χ3n) is 4.10. The summed E-state index contributed by atoms with van der Waals surface area (Å²) in [6.45, 7) is 0.0915. The maximum absolute atomic E-state index is 11.5. The molecule has 0 amide bonds. The van der Waals surface area contributed by atoms with Crippen LogP contribution in [0.15, 0.2) is 47.5 Å². The molecule has 0 aliphatic carbocycles. The van der Waals surface area contributed by atoms with E-state index in [0.29, 0.717) is 32.7 Å². The molecule has 1 aromatic heterocycles. The molecule has 26 heavy (non-hydrogen) atoms. The van der Waals surface area contributed by atoms with Gasteiger partial charge < -0.3 is 5.11 Å². The molecule has 0 unspecified atom stereocenters. The summed E-state index contributed by atoms with van der Waals surface area (Å²) < 4.78 is 1.59. The average Bonchev–Trinajstić information content (AvgIpc) is 2.84. The van der Waals surface area contributed by atoms with Crippen LogP contribution in [0.4, 0.5) is 0 Å². The summed E-state index contributed by atoms with van der Waals surface area (Å²) in [5.74, 6) is -1.16. The number of benzene rings is 2. The Morgan fingerprint density at radius 2 is 1.85 bits per heavy atom. The van der Waals surface area contributed by atoms with Gasteiger partial charge in [-0.2, -0.15) is 0 Å². The second-order valence-corrected chi connectivity index (χ2v) is 6.80. The first-order valence-electron chi connectivity index (χ1n) is 7.57. The molecule has 5 nitrogen and oxygen atoms in total. The van der Waals surface area contributed by atoms with Gasteiger partial charge in [-0.1, -0.05) is 41.4 Å². The molecule has 1 aliphatic rings. The number of carbonyl (C=O) groups is 1. The van der Waals surface area contributed by atoms with Crippen LogP contribution in [0.3, 0.4) is 0 Å². The van der Waals surface area contributed by atoms with Crippen molar-refractivity contribution in [2.45, 2.75) is 6.54 Å². The van der Waals surface area contributed by atoms with E-state index in [1.165, 1.54) is 0 Å². The minimum atomic E-state index is -1.16. The molecular formula is C18H10Cl3N3O2. The summed E-state index contributed by atoms with van der Waals surface area (Å²) in [5, 5.41) is 10.5. The molecule has 2 heterocycles. The van der Waals surface area contributed by atoms with Crippen LogP contribution in [0.1, 0.15) is 27.3 Å². The van der Waals surface area contributed by atoms with Crippen LogP contribution < -0.4 is 0 Å². The van der Waals surface area contributed by atoms with Crippen molar-refractivity contribution < 1.29 is 9.90 Å². The summed E-state index contributed by atoms with van der Waals surface area (Å²) in [5.41, 5.74) is 2.95. The molecular weight excluding hydrogens is 397 g/mol. The predicted octanol–water partition coefficient (Wildman–Crippen LogP) is 4.88. The maximum Gasteiger partial charge on any atom is 0.356 e. The summed E-state index contributed by atoms with van der Waals surface area (Å²) in [7, 11) is 0. The van der Waals surface area contributed by atoms with Gasteiger partial charge in [-0.05, 0) is 35.9 Å². The number of rotatable bonds is 2. The van der Waals surface area contributed by atoms with E-state index in [4.69, 9.17) is 34.8 Å². The Morgan fingerprint density at radius 1 is 1.08 bits per heavy atom. The van der Waals surface area contributed by atoms with E-state index in [2.05, 4.69) is 9.98 Å². The van der Waals surface area contributed by atoms with Gasteiger partial charge in [0.1, 0.15) is 0 Å². The quantitative estimate of drug-likeness (QED) is 0.659. The second-order valence-electron chi connectivity index (χ2n) is 5.62. The van der Waals surface area contributed by atoms with E-state index in [1.54, 1.807) is 28.8 Å². The monoisotopic (exact) mass is 405 g/mol. The van der Waals surface area contributed by atoms with Gasteiger partial charge in [0.05, 0.1) is 23.6 Å². The van der Waals surface area contributed by atoms with Crippen LogP contribution in [0.25, 0.3) is 5.69 Å². The summed E-state index contributed by atoms with van der Waals surface area (Å²) in [6, 6.07) is 12.5. The standard InChI is InChI=1S/C18H10Cl3N3O2/c19-9-5-6-13-11(7-9)15(10-3-1-2-4-12(10)20)22-8-14-16(17(25)26)23-18(21)24(13)14/h1-7H,8H2,(H,25,26). The molecule has 2 aromatic carbocycles. The number of halogens is 3. The lowest BCUT2D eigenvalue weighted by molar-refractivity contribution is 0.0689. The second kappa shape index (κ2) is 6.43. The third-order valence-corrected chi connectivity index (χ3v) is 4.92. The van der Waals surface area contributed by atoms with Gasteiger partial charge >= 0.3 is 5.97 Å². The summed E-state index contributed by atoms with van der Waals surface area (Å²) in [4.78, 5) is 20.1. The van der Waals surface area contributed by atoms with Gasteiger partial charge in [-0.25, -0.2) is 9.78 Å². The fourth-order valence-electron chi connectivity index (χ4n) is 3.00. The highest BCUT2D eigenvalue weighted by Gasteiger charge is 2.27. The Hall–Kier alpha value is -2.34. The zero-order valence-electron chi connectivity index (χ0n) is 13.1. The number of carboxylic acids is 1. The lowest BCUT2D eigenvalue weighted by atomic mass is 10.0. The molecule has 0 saturated carbocycles. The highest BCUT2D eigenvalue weighted by atomic mass is 35.5. The van der Waals surface area contributed by atoms with E-state index in [-0.39, 0.29) is 17.5 Å². The third kappa shape index (κ3) is 2.69. The normalized spacial score (nSPS) is 12.8. The molecule has 3 aromatic rings. The smallest absolute Gasteiger partial charge is 0.356 e. The Kier molecular flexibility index (Phi) is 4.23. The van der Waals surface area contributed by atoms with Gasteiger partial charge in [0, 0.05) is 21.2 Å². The van der Waals surface area contributed by atoms with Crippen molar-refractivity contribution in [2.24, 2.45) is 4.99 Å². The highest BCUT2D eigenvalue weighted by molar-refractivity contribution is 6.36. The molecule has 0 fully saturated rings. The predicted molar refractivity (Wildman–Crippen MR) is 101 cm³/mol. The fraction of sp³-hybridized carbons (Fsp3) is 0.0556. The van der Waals surface area contributed by atoms with Crippen LogP contribution in [-0.2, 0) is 6.54 Å². The number of hydrogen-bond acceptors (Lipinski definition) is 3. The van der Waals surface area contributed by atoms with E-state index in [1.807, 2.05) is 18.2 Å². The first-order chi connectivity index (χ1) is 12.5. The molecule has 0 radical (unpaired) electrons. The van der Waals surface area contributed by atoms with Gasteiger partial charge in [0.2, 0.25) is 5.28 Å². The number of hydrogen-bond donors (Lipinski definition) is 1. The van der Waals surface area contributed by atoms with Crippen molar-refractivity contribution >= 4 is 46.5 Å². The molecule has 4 rings (SSSR count). The first-order valence-corrected chi connectivity index (χ1v) is 8.71. The first kappa shape index (κ1) is 17.1. The fourth-order valence-corrected chi connectivity index (χ4v) is 3.68. The van der Waals surface area contributed by atoms with Crippen molar-refractivity contribution in [3.63, 3.8) is 0 Å². The zero-order chi connectivity index (χ0) is 18.4. The van der Waals surface area contributed by atoms with Crippen molar-refractivity contribution in [3.05, 3.63) is 80.3 Å². The van der Waals surface area contributed by atoms with E-state index in [9.17, 15) is 9.90 Å². The molecule has 1 aliphatic heterocycles. The number of fused-ring (bicyclic) bond motifs is 3. The van der Waals surface area contributed by atoms with Gasteiger partial charge in [0.25, 0.3) is 0 Å². The van der Waals surface area contributed by atoms with Crippen molar-refractivity contribution in [2.75, 3.05) is 0 Å². The van der Waals surface area contributed by atoms with Crippen LogP contribution in [0.5, 0.6) is 0 Å². The molecule has 0 atom stereocenters. The van der Waals surface area contributed by atoms with Crippen molar-refractivity contribution in [3.8, 4) is 5.69 Å². The minimum absolute atomic E-state index is 0.0524. The van der Waals surface area contributed by atoms with Gasteiger partial charge in [0.15, 0.2) is 5.69 Å². The number of imidazole rings is 1. The van der Waals surface area contributed by atoms with Gasteiger partial charge in [-0.3, -0.25) is 9.56 Å². The average molecular weight is 407 g/mol. The SMILES string of the molecule is O=C(O)c1nc(Cl)n2c1CN=C(c1ccccc1Cl)c1cc(Cl)ccc1-2. The molecule has 0 spiro atoms. The molecule has 0 bridgehead atoms. The molecule has 8 heteroatoms. The maximum atomic E-state index is 11.5. The largest absolute Gasteiger partial charge is 0.476 e. The number of carboxylic acid groups (broad SMARTS) is 1. The van der Waals surface area contributed by atoms with Crippen LogP contribution in [0, 0.1) is 0 Å². The lowest BCUT2D eigenvalue weighted by Gasteiger charge is -2.13. The Labute approximate surface area is 163 Å². The summed E-state index contributed by atoms with van der Waals surface area (Å²) in [6.07, 6.45) is 0. The van der Waals surface area contributed by atoms with E-state index in [0.717, 1.165) is 5.56 Å². The van der Waals surface area contributed by atoms with Crippen LogP contribution >= 0.6 is 34.8 Å². The molecule has 0 saturated heterocycles. The van der Waals surface area contributed by atoms with Gasteiger partial charge in [-0.15, -0.1) is 0 Å². The zero-order valence-corrected chi connectivity index (χ0v) is 15.3. The summed E-state index contributed by atoms with van der Waals surface area (Å²) >= 11 is 18.8. The minimum Gasteiger partial charge on any atom is -0.476 e. The van der Waals surface area contributed by atoms with E-state index >= 15 is 0 Å².